The SMILES string of the molecule is CC(CNC(=O)CN(C)S(=O)(=O)c1ccccc1)N1CCN(C)CC1. The number of hydrogen-bond acceptors (Lipinski definition) is 5. The Hall–Kier alpha value is -1.48. The second kappa shape index (κ2) is 8.75. The van der Waals surface area contributed by atoms with Gasteiger partial charge in [-0.05, 0) is 26.1 Å². The quantitative estimate of drug-likeness (QED) is 0.737. The minimum Gasteiger partial charge on any atom is -0.353 e. The molecule has 8 heteroatoms. The minimum atomic E-state index is -3.64. The number of carbonyl (C=O) groups excluding carboxylic acids is 1. The second-order valence-electron chi connectivity index (χ2n) is 6.57. The molecule has 0 bridgehead atoms. The molecule has 1 N–H and O–H groups in total. The zero-order chi connectivity index (χ0) is 18.4. The molecule has 1 unspecified atom stereocenters. The maximum absolute atomic E-state index is 12.4. The van der Waals surface area contributed by atoms with Crippen molar-refractivity contribution in [1.29, 1.82) is 0 Å². The van der Waals surface area contributed by atoms with E-state index in [0.29, 0.717) is 6.54 Å². The van der Waals surface area contributed by atoms with Crippen LogP contribution in [0.1, 0.15) is 6.92 Å². The molecule has 1 amide bonds. The highest BCUT2D eigenvalue weighted by Gasteiger charge is 2.23. The highest BCUT2D eigenvalue weighted by molar-refractivity contribution is 7.89. The Morgan fingerprint density at radius 3 is 2.40 bits per heavy atom. The molecule has 2 rings (SSSR count). The van der Waals surface area contributed by atoms with Gasteiger partial charge >= 0.3 is 0 Å². The number of likely N-dealkylation sites (N-methyl/N-ethyl adjacent to an activating group) is 2. The predicted octanol–water partition coefficient (Wildman–Crippen LogP) is 0.0592. The summed E-state index contributed by atoms with van der Waals surface area (Å²) in [5.74, 6) is -0.289. The van der Waals surface area contributed by atoms with Gasteiger partial charge in [0.05, 0.1) is 11.4 Å². The third kappa shape index (κ3) is 5.50. The van der Waals surface area contributed by atoms with E-state index < -0.39 is 10.0 Å². The smallest absolute Gasteiger partial charge is 0.243 e. The first-order valence-corrected chi connectivity index (χ1v) is 9.95. The fraction of sp³-hybridized carbons (Fsp3) is 0.588. The summed E-state index contributed by atoms with van der Waals surface area (Å²) in [7, 11) is -0.116. The van der Waals surface area contributed by atoms with Crippen LogP contribution < -0.4 is 5.32 Å². The standard InChI is InChI=1S/C17H28N4O3S/c1-15(21-11-9-19(2)10-12-21)13-18-17(22)14-20(3)25(23,24)16-7-5-4-6-8-16/h4-8,15H,9-14H2,1-3H3,(H,18,22). The Labute approximate surface area is 150 Å². The van der Waals surface area contributed by atoms with Crippen molar-refractivity contribution in [3.8, 4) is 0 Å². The van der Waals surface area contributed by atoms with Gasteiger partial charge in [0.2, 0.25) is 15.9 Å². The van der Waals surface area contributed by atoms with Crippen molar-refractivity contribution in [2.45, 2.75) is 17.9 Å². The van der Waals surface area contributed by atoms with Crippen molar-refractivity contribution in [2.24, 2.45) is 0 Å². The fourth-order valence-electron chi connectivity index (χ4n) is 2.77. The number of benzene rings is 1. The van der Waals surface area contributed by atoms with Crippen molar-refractivity contribution in [3.05, 3.63) is 30.3 Å². The number of sulfonamides is 1. The van der Waals surface area contributed by atoms with E-state index in [0.717, 1.165) is 30.5 Å². The lowest BCUT2D eigenvalue weighted by Crippen LogP contribution is -2.51. The van der Waals surface area contributed by atoms with Crippen molar-refractivity contribution in [3.63, 3.8) is 0 Å². The molecule has 1 aromatic carbocycles. The first-order chi connectivity index (χ1) is 11.8. The maximum atomic E-state index is 12.4. The molecule has 140 valence electrons. The molecule has 25 heavy (non-hydrogen) atoms. The van der Waals surface area contributed by atoms with Crippen LogP contribution >= 0.6 is 0 Å². The number of carbonyl (C=O) groups is 1. The van der Waals surface area contributed by atoms with Gasteiger partial charge in [-0.3, -0.25) is 9.69 Å². The number of amides is 1. The van der Waals surface area contributed by atoms with Gasteiger partial charge in [-0.15, -0.1) is 0 Å². The zero-order valence-corrected chi connectivity index (χ0v) is 16.0. The molecule has 1 aliphatic heterocycles. The molecule has 0 aliphatic carbocycles. The van der Waals surface area contributed by atoms with Gasteiger partial charge in [0.15, 0.2) is 0 Å². The number of hydrogen-bond donors (Lipinski definition) is 1. The van der Waals surface area contributed by atoms with Crippen LogP contribution in [0.25, 0.3) is 0 Å². The third-order valence-electron chi connectivity index (χ3n) is 4.57. The van der Waals surface area contributed by atoms with E-state index >= 15 is 0 Å². The molecule has 1 heterocycles. The van der Waals surface area contributed by atoms with Crippen molar-refractivity contribution < 1.29 is 13.2 Å². The lowest BCUT2D eigenvalue weighted by molar-refractivity contribution is -0.121. The van der Waals surface area contributed by atoms with Crippen LogP contribution in [0.3, 0.4) is 0 Å². The highest BCUT2D eigenvalue weighted by Crippen LogP contribution is 2.13. The van der Waals surface area contributed by atoms with Crippen LogP contribution in [0, 0.1) is 0 Å². The molecule has 1 aliphatic rings. The van der Waals surface area contributed by atoms with E-state index in [1.165, 1.54) is 19.2 Å². The van der Waals surface area contributed by atoms with Crippen LogP contribution in [0.4, 0.5) is 0 Å². The molecule has 7 nitrogen and oxygen atoms in total. The topological polar surface area (TPSA) is 73.0 Å². The summed E-state index contributed by atoms with van der Waals surface area (Å²) in [6.07, 6.45) is 0. The lowest BCUT2D eigenvalue weighted by Gasteiger charge is -2.36. The third-order valence-corrected chi connectivity index (χ3v) is 6.39. The Balaban J connectivity index is 1.81. The molecular weight excluding hydrogens is 340 g/mol. The average molecular weight is 369 g/mol. The van der Waals surface area contributed by atoms with Crippen LogP contribution in [-0.4, -0.2) is 87.8 Å². The predicted molar refractivity (Wildman–Crippen MR) is 97.8 cm³/mol. The molecule has 1 atom stereocenters. The van der Waals surface area contributed by atoms with Crippen LogP contribution in [-0.2, 0) is 14.8 Å². The first kappa shape index (κ1) is 19.8. The van der Waals surface area contributed by atoms with Gasteiger partial charge in [0.1, 0.15) is 0 Å². The number of nitrogens with one attached hydrogen (secondary N) is 1. The summed E-state index contributed by atoms with van der Waals surface area (Å²) in [6, 6.07) is 8.37. The highest BCUT2D eigenvalue weighted by atomic mass is 32.2. The number of piperazine rings is 1. The molecule has 0 aromatic heterocycles. The molecule has 0 radical (unpaired) electrons. The van der Waals surface area contributed by atoms with Crippen molar-refractivity contribution in [2.75, 3.05) is 53.4 Å². The summed E-state index contributed by atoms with van der Waals surface area (Å²) in [5, 5.41) is 2.85. The van der Waals surface area contributed by atoms with E-state index in [9.17, 15) is 13.2 Å². The Morgan fingerprint density at radius 2 is 1.80 bits per heavy atom. The van der Waals surface area contributed by atoms with E-state index in [2.05, 4.69) is 29.1 Å². The van der Waals surface area contributed by atoms with E-state index in [1.54, 1.807) is 18.2 Å². The van der Waals surface area contributed by atoms with Crippen LogP contribution in [0.2, 0.25) is 0 Å². The lowest BCUT2D eigenvalue weighted by atomic mass is 10.2. The molecule has 1 saturated heterocycles. The van der Waals surface area contributed by atoms with Gasteiger partial charge < -0.3 is 10.2 Å². The first-order valence-electron chi connectivity index (χ1n) is 8.51. The molecular formula is C17H28N4O3S. The summed E-state index contributed by atoms with van der Waals surface area (Å²) < 4.78 is 25.9. The summed E-state index contributed by atoms with van der Waals surface area (Å²) >= 11 is 0. The van der Waals surface area contributed by atoms with Crippen LogP contribution in [0.5, 0.6) is 0 Å². The summed E-state index contributed by atoms with van der Waals surface area (Å²) in [5.41, 5.74) is 0. The Bertz CT molecular complexity index is 658. The van der Waals surface area contributed by atoms with Crippen molar-refractivity contribution >= 4 is 15.9 Å². The zero-order valence-electron chi connectivity index (χ0n) is 15.2. The van der Waals surface area contributed by atoms with Crippen LogP contribution in [0.15, 0.2) is 35.2 Å². The Morgan fingerprint density at radius 1 is 1.20 bits per heavy atom. The molecule has 1 aromatic rings. The van der Waals surface area contributed by atoms with Gasteiger partial charge in [-0.1, -0.05) is 18.2 Å². The molecule has 0 saturated carbocycles. The van der Waals surface area contributed by atoms with Crippen molar-refractivity contribution in [1.82, 2.24) is 19.4 Å². The van der Waals surface area contributed by atoms with E-state index in [1.807, 2.05) is 0 Å². The average Bonchev–Trinajstić information content (AvgIpc) is 2.61. The normalized spacial score (nSPS) is 18.2. The maximum Gasteiger partial charge on any atom is 0.243 e. The van der Waals surface area contributed by atoms with Gasteiger partial charge in [0, 0.05) is 45.8 Å². The van der Waals surface area contributed by atoms with Gasteiger partial charge in [-0.2, -0.15) is 4.31 Å². The second-order valence-corrected chi connectivity index (χ2v) is 8.61. The molecule has 0 spiro atoms. The fourth-order valence-corrected chi connectivity index (χ4v) is 3.92. The summed E-state index contributed by atoms with van der Waals surface area (Å²) in [6.45, 7) is 6.42. The number of nitrogens with zero attached hydrogens (tertiary/aromatic N) is 3. The minimum absolute atomic E-state index is 0.188. The van der Waals surface area contributed by atoms with Gasteiger partial charge in [-0.25, -0.2) is 8.42 Å². The number of rotatable bonds is 7. The Kier molecular flexibility index (Phi) is 6.95. The molecule has 1 fully saturated rings. The van der Waals surface area contributed by atoms with E-state index in [4.69, 9.17) is 0 Å². The summed E-state index contributed by atoms with van der Waals surface area (Å²) in [4.78, 5) is 16.9. The van der Waals surface area contributed by atoms with E-state index in [-0.39, 0.29) is 23.4 Å². The monoisotopic (exact) mass is 368 g/mol. The van der Waals surface area contributed by atoms with Gasteiger partial charge in [0.25, 0.3) is 0 Å². The largest absolute Gasteiger partial charge is 0.353 e.